The fourth-order valence-electron chi connectivity index (χ4n) is 0.831. The Morgan fingerprint density at radius 3 is 2.50 bits per heavy atom. The van der Waals surface area contributed by atoms with E-state index in [1.165, 1.54) is 14.0 Å². The van der Waals surface area contributed by atoms with Crippen LogP contribution in [0, 0.1) is 0 Å². The van der Waals surface area contributed by atoms with Crippen molar-refractivity contribution in [1.29, 1.82) is 0 Å². The molecule has 0 aromatic rings. The molecule has 0 spiro atoms. The summed E-state index contributed by atoms with van der Waals surface area (Å²) in [6, 6.07) is 0. The van der Waals surface area contributed by atoms with Crippen molar-refractivity contribution in [1.82, 2.24) is 5.32 Å². The zero-order chi connectivity index (χ0) is 11.0. The summed E-state index contributed by atoms with van der Waals surface area (Å²) in [6.45, 7) is 4.89. The molecule has 0 atom stereocenters. The average Bonchev–Trinajstić information content (AvgIpc) is 2.15. The van der Waals surface area contributed by atoms with Crippen molar-refractivity contribution in [3.05, 3.63) is 24.4 Å². The van der Waals surface area contributed by atoms with Gasteiger partial charge >= 0.3 is 5.97 Å². The maximum absolute atomic E-state index is 11.1. The molecule has 0 aliphatic rings. The summed E-state index contributed by atoms with van der Waals surface area (Å²) in [4.78, 5) is 21.8. The van der Waals surface area contributed by atoms with Gasteiger partial charge in [0.15, 0.2) is 0 Å². The van der Waals surface area contributed by atoms with Gasteiger partial charge in [0.05, 0.1) is 7.11 Å². The first-order valence-electron chi connectivity index (χ1n) is 4.28. The third kappa shape index (κ3) is 5.13. The summed E-state index contributed by atoms with van der Waals surface area (Å²) in [5.74, 6) is -0.829. The molecule has 4 nitrogen and oxygen atoms in total. The molecule has 1 N–H and O–H groups in total. The van der Waals surface area contributed by atoms with Gasteiger partial charge in [0.1, 0.15) is 5.70 Å². The van der Waals surface area contributed by atoms with Crippen molar-refractivity contribution in [2.45, 2.75) is 19.8 Å². The van der Waals surface area contributed by atoms with E-state index in [4.69, 9.17) is 0 Å². The molecule has 1 amide bonds. The van der Waals surface area contributed by atoms with E-state index in [0.717, 1.165) is 6.42 Å². The zero-order valence-corrected chi connectivity index (χ0v) is 8.50. The predicted octanol–water partition coefficient (Wildman–Crippen LogP) is 1.15. The molecule has 0 aliphatic carbocycles. The zero-order valence-electron chi connectivity index (χ0n) is 8.50. The summed E-state index contributed by atoms with van der Waals surface area (Å²) < 4.78 is 4.50. The lowest BCUT2D eigenvalue weighted by molar-refractivity contribution is -0.137. The lowest BCUT2D eigenvalue weighted by Gasteiger charge is -2.04. The highest BCUT2D eigenvalue weighted by atomic mass is 16.5. The van der Waals surface area contributed by atoms with Gasteiger partial charge in [-0.3, -0.25) is 4.79 Å². The second kappa shape index (κ2) is 6.88. The number of allylic oxidation sites excluding steroid dienone is 2. The topological polar surface area (TPSA) is 55.4 Å². The highest BCUT2D eigenvalue weighted by Crippen LogP contribution is 1.99. The number of methoxy groups -OCH3 is 1. The molecule has 0 saturated carbocycles. The number of rotatable bonds is 5. The molecule has 4 heteroatoms. The largest absolute Gasteiger partial charge is 0.464 e. The van der Waals surface area contributed by atoms with Crippen LogP contribution in [0.25, 0.3) is 0 Å². The third-order valence-corrected chi connectivity index (χ3v) is 1.44. The van der Waals surface area contributed by atoms with Crippen molar-refractivity contribution in [2.24, 2.45) is 0 Å². The molecule has 0 aromatic carbocycles. The first-order chi connectivity index (χ1) is 6.61. The smallest absolute Gasteiger partial charge is 0.354 e. The summed E-state index contributed by atoms with van der Waals surface area (Å²) in [5.41, 5.74) is 0.182. The predicted molar refractivity (Wildman–Crippen MR) is 53.3 cm³/mol. The van der Waals surface area contributed by atoms with Crippen molar-refractivity contribution < 1.29 is 14.3 Å². The van der Waals surface area contributed by atoms with Crippen LogP contribution in [-0.2, 0) is 14.3 Å². The molecule has 0 heterocycles. The number of carbonyl (C=O) groups is 2. The van der Waals surface area contributed by atoms with E-state index in [-0.39, 0.29) is 11.6 Å². The molecule has 0 aromatic heterocycles. The number of ether oxygens (including phenoxy) is 1. The Morgan fingerprint density at radius 2 is 2.07 bits per heavy atom. The Bertz CT molecular complexity index is 256. The van der Waals surface area contributed by atoms with Crippen molar-refractivity contribution >= 4 is 11.9 Å². The van der Waals surface area contributed by atoms with Gasteiger partial charge < -0.3 is 10.1 Å². The van der Waals surface area contributed by atoms with E-state index in [0.29, 0.717) is 6.42 Å². The molecule has 0 radical (unpaired) electrons. The monoisotopic (exact) mass is 197 g/mol. The Hall–Kier alpha value is -1.58. The van der Waals surface area contributed by atoms with Gasteiger partial charge in [0.2, 0.25) is 5.91 Å². The molecule has 0 fully saturated rings. The van der Waals surface area contributed by atoms with E-state index in [9.17, 15) is 9.59 Å². The van der Waals surface area contributed by atoms with Gasteiger partial charge in [-0.25, -0.2) is 4.79 Å². The van der Waals surface area contributed by atoms with Gasteiger partial charge in [-0.1, -0.05) is 12.2 Å². The molecule has 0 rings (SSSR count). The Balaban J connectivity index is 4.37. The van der Waals surface area contributed by atoms with Crippen LogP contribution >= 0.6 is 0 Å². The minimum Gasteiger partial charge on any atom is -0.464 e. The van der Waals surface area contributed by atoms with Crippen molar-refractivity contribution in [3.8, 4) is 0 Å². The van der Waals surface area contributed by atoms with Gasteiger partial charge in [0.25, 0.3) is 0 Å². The number of hydrogen-bond acceptors (Lipinski definition) is 3. The van der Waals surface area contributed by atoms with Crippen LogP contribution in [0.4, 0.5) is 0 Å². The number of esters is 1. The van der Waals surface area contributed by atoms with E-state index >= 15 is 0 Å². The average molecular weight is 197 g/mol. The highest BCUT2D eigenvalue weighted by Gasteiger charge is 2.09. The van der Waals surface area contributed by atoms with Crippen LogP contribution < -0.4 is 5.32 Å². The molecule has 78 valence electrons. The van der Waals surface area contributed by atoms with Crippen molar-refractivity contribution in [2.75, 3.05) is 7.11 Å². The van der Waals surface area contributed by atoms with Crippen LogP contribution in [0.3, 0.4) is 0 Å². The quantitative estimate of drug-likeness (QED) is 0.311. The normalized spacial score (nSPS) is 10.6. The summed E-state index contributed by atoms with van der Waals surface area (Å²) in [5, 5.41) is 2.40. The maximum atomic E-state index is 11.1. The van der Waals surface area contributed by atoms with Crippen LogP contribution in [0.1, 0.15) is 19.8 Å². The second-order valence-electron chi connectivity index (χ2n) is 2.66. The molecule has 0 unspecified atom stereocenters. The molecule has 0 bridgehead atoms. The number of hydrogen-bond donors (Lipinski definition) is 1. The van der Waals surface area contributed by atoms with Gasteiger partial charge in [-0.15, -0.1) is 6.58 Å². The fraction of sp³-hybridized carbons (Fsp3) is 0.400. The lowest BCUT2D eigenvalue weighted by atomic mass is 10.2. The van der Waals surface area contributed by atoms with Crippen molar-refractivity contribution in [3.63, 3.8) is 0 Å². The minimum absolute atomic E-state index is 0.182. The summed E-state index contributed by atoms with van der Waals surface area (Å²) in [6.07, 6.45) is 4.75. The summed E-state index contributed by atoms with van der Waals surface area (Å²) in [7, 11) is 1.27. The number of nitrogens with one attached hydrogen (secondary N) is 1. The number of unbranched alkanes of at least 4 members (excludes halogenated alkanes) is 1. The highest BCUT2D eigenvalue weighted by molar-refractivity contribution is 5.93. The van der Waals surface area contributed by atoms with Crippen LogP contribution in [-0.4, -0.2) is 19.0 Å². The maximum Gasteiger partial charge on any atom is 0.354 e. The molecule has 14 heavy (non-hydrogen) atoms. The second-order valence-corrected chi connectivity index (χ2v) is 2.66. The van der Waals surface area contributed by atoms with Gasteiger partial charge in [-0.2, -0.15) is 0 Å². The SMILES string of the molecule is C=CCC/C=C(\NC(C)=O)C(=O)OC. The molecule has 0 aliphatic heterocycles. The number of amides is 1. The minimum atomic E-state index is -0.538. The van der Waals surface area contributed by atoms with Crippen LogP contribution in [0.5, 0.6) is 0 Å². The first kappa shape index (κ1) is 12.4. The van der Waals surface area contributed by atoms with E-state index in [2.05, 4.69) is 16.6 Å². The Kier molecular flexibility index (Phi) is 6.11. The lowest BCUT2D eigenvalue weighted by Crippen LogP contribution is -2.25. The molecule has 0 saturated heterocycles. The summed E-state index contributed by atoms with van der Waals surface area (Å²) >= 11 is 0. The van der Waals surface area contributed by atoms with Gasteiger partial charge in [-0.05, 0) is 12.8 Å². The van der Waals surface area contributed by atoms with E-state index in [1.807, 2.05) is 0 Å². The fourth-order valence-corrected chi connectivity index (χ4v) is 0.831. The van der Waals surface area contributed by atoms with E-state index in [1.54, 1.807) is 12.2 Å². The molecular weight excluding hydrogens is 182 g/mol. The van der Waals surface area contributed by atoms with Crippen LogP contribution in [0.15, 0.2) is 24.4 Å². The Morgan fingerprint density at radius 1 is 1.43 bits per heavy atom. The van der Waals surface area contributed by atoms with Gasteiger partial charge in [0, 0.05) is 6.92 Å². The third-order valence-electron chi connectivity index (χ3n) is 1.44. The first-order valence-corrected chi connectivity index (χ1v) is 4.28. The number of carbonyl (C=O) groups excluding carboxylic acids is 2. The molecular formula is C10H15NO3. The van der Waals surface area contributed by atoms with E-state index < -0.39 is 5.97 Å². The van der Waals surface area contributed by atoms with Crippen LogP contribution in [0.2, 0.25) is 0 Å². The standard InChI is InChI=1S/C10H15NO3/c1-4-5-6-7-9(10(13)14-3)11-8(2)12/h4,7H,1,5-6H2,2-3H3,(H,11,12)/b9-7-. The Labute approximate surface area is 83.6 Å².